The third-order valence-corrected chi connectivity index (χ3v) is 2.79. The number of carboxylic acid groups (broad SMARTS) is 4. The van der Waals surface area contributed by atoms with Gasteiger partial charge in [-0.25, -0.2) is 19.2 Å². The molecule has 2 aromatic carbocycles. The molecule has 136 valence electrons. The van der Waals surface area contributed by atoms with E-state index in [0.29, 0.717) is 0 Å². The fourth-order valence-electron chi connectivity index (χ4n) is 2.07. The molecule has 0 heterocycles. The van der Waals surface area contributed by atoms with E-state index >= 15 is 0 Å². The van der Waals surface area contributed by atoms with Crippen molar-refractivity contribution in [3.8, 4) is 23.0 Å². The minimum Gasteiger partial charge on any atom is -0.449 e. The van der Waals surface area contributed by atoms with E-state index in [1.807, 2.05) is 0 Å². The first kappa shape index (κ1) is 18.1. The van der Waals surface area contributed by atoms with Gasteiger partial charge in [0, 0.05) is 11.5 Å². The highest BCUT2D eigenvalue weighted by Gasteiger charge is 2.25. The van der Waals surface area contributed by atoms with Crippen LogP contribution in [0.15, 0.2) is 24.3 Å². The Morgan fingerprint density at radius 1 is 0.654 bits per heavy atom. The summed E-state index contributed by atoms with van der Waals surface area (Å²) in [5, 5.41) is 34.7. The second-order valence-electron chi connectivity index (χ2n) is 4.35. The van der Waals surface area contributed by atoms with E-state index in [1.165, 1.54) is 12.1 Å². The Morgan fingerprint density at radius 3 is 1.69 bits per heavy atom. The first-order chi connectivity index (χ1) is 12.2. The van der Waals surface area contributed by atoms with Crippen molar-refractivity contribution in [3.05, 3.63) is 24.3 Å². The second kappa shape index (κ2) is 7.12. The second-order valence-corrected chi connectivity index (χ2v) is 4.35. The fourth-order valence-corrected chi connectivity index (χ4v) is 2.07. The van der Waals surface area contributed by atoms with Crippen LogP contribution in [0.4, 0.5) is 19.2 Å². The van der Waals surface area contributed by atoms with E-state index in [0.717, 1.165) is 12.1 Å². The Morgan fingerprint density at radius 2 is 1.15 bits per heavy atom. The molecule has 0 saturated carbocycles. The zero-order chi connectivity index (χ0) is 19.4. The number of ether oxygens (including phenoxy) is 4. The van der Waals surface area contributed by atoms with Crippen LogP contribution in [0.3, 0.4) is 0 Å². The lowest BCUT2D eigenvalue weighted by molar-refractivity contribution is 0.132. The van der Waals surface area contributed by atoms with E-state index < -0.39 is 53.0 Å². The molecule has 0 aliphatic carbocycles. The van der Waals surface area contributed by atoms with Crippen LogP contribution in [0.2, 0.25) is 0 Å². The zero-order valence-electron chi connectivity index (χ0n) is 12.4. The highest BCUT2D eigenvalue weighted by atomic mass is 16.7. The molecule has 12 heteroatoms. The quantitative estimate of drug-likeness (QED) is 0.457. The van der Waals surface area contributed by atoms with Crippen molar-refractivity contribution in [2.45, 2.75) is 0 Å². The topological polar surface area (TPSA) is 186 Å². The highest BCUT2D eigenvalue weighted by molar-refractivity contribution is 6.02. The smallest absolute Gasteiger partial charge is 0.449 e. The summed E-state index contributed by atoms with van der Waals surface area (Å²) in [6.45, 7) is 0. The van der Waals surface area contributed by atoms with Crippen LogP contribution in [0, 0.1) is 0 Å². The molecular formula is C14H8O12. The molecule has 0 unspecified atom stereocenters. The van der Waals surface area contributed by atoms with Gasteiger partial charge < -0.3 is 39.4 Å². The molecule has 0 radical (unpaired) electrons. The maximum Gasteiger partial charge on any atom is 0.511 e. The number of fused-ring (bicyclic) bond motifs is 1. The molecule has 0 fully saturated rings. The number of hydrogen-bond donors (Lipinski definition) is 4. The van der Waals surface area contributed by atoms with E-state index in [-0.39, 0.29) is 5.39 Å². The summed E-state index contributed by atoms with van der Waals surface area (Å²) >= 11 is 0. The molecule has 0 aliphatic heterocycles. The van der Waals surface area contributed by atoms with Gasteiger partial charge in [-0.15, -0.1) is 0 Å². The summed E-state index contributed by atoms with van der Waals surface area (Å²) in [5.74, 6) is -2.44. The average molecular weight is 368 g/mol. The van der Waals surface area contributed by atoms with Crippen molar-refractivity contribution in [1.82, 2.24) is 0 Å². The summed E-state index contributed by atoms with van der Waals surface area (Å²) in [6.07, 6.45) is -7.30. The zero-order valence-corrected chi connectivity index (χ0v) is 12.4. The number of benzene rings is 2. The predicted molar refractivity (Wildman–Crippen MR) is 78.6 cm³/mol. The van der Waals surface area contributed by atoms with Gasteiger partial charge in [0.1, 0.15) is 11.5 Å². The molecule has 0 spiro atoms. The van der Waals surface area contributed by atoms with E-state index in [1.54, 1.807) is 0 Å². The lowest BCUT2D eigenvalue weighted by atomic mass is 10.1. The van der Waals surface area contributed by atoms with Crippen LogP contribution >= 0.6 is 0 Å². The molecule has 0 aliphatic rings. The van der Waals surface area contributed by atoms with Crippen LogP contribution in [0.5, 0.6) is 23.0 Å². The normalized spacial score (nSPS) is 10.0. The SMILES string of the molecule is O=C(O)Oc1cc(OC(=O)O)c2cccc(OC(=O)O)c2c1OC(=O)O. The van der Waals surface area contributed by atoms with Crippen LogP contribution in [0.25, 0.3) is 10.8 Å². The van der Waals surface area contributed by atoms with Crippen LogP contribution in [-0.4, -0.2) is 45.0 Å². The monoisotopic (exact) mass is 368 g/mol. The maximum atomic E-state index is 10.9. The lowest BCUT2D eigenvalue weighted by Crippen LogP contribution is -2.11. The summed E-state index contributed by atoms with van der Waals surface area (Å²) in [5.41, 5.74) is 0. The van der Waals surface area contributed by atoms with Crippen LogP contribution in [-0.2, 0) is 0 Å². The van der Waals surface area contributed by atoms with E-state index in [2.05, 4.69) is 18.9 Å². The largest absolute Gasteiger partial charge is 0.511 e. The third-order valence-electron chi connectivity index (χ3n) is 2.79. The van der Waals surface area contributed by atoms with Gasteiger partial charge in [0.2, 0.25) is 0 Å². The van der Waals surface area contributed by atoms with Gasteiger partial charge in [0.05, 0.1) is 5.39 Å². The van der Waals surface area contributed by atoms with E-state index in [9.17, 15) is 19.2 Å². The number of rotatable bonds is 4. The Labute approximate surface area is 142 Å². The van der Waals surface area contributed by atoms with Crippen LogP contribution < -0.4 is 18.9 Å². The molecule has 2 rings (SSSR count). The van der Waals surface area contributed by atoms with Gasteiger partial charge in [-0.3, -0.25) is 0 Å². The van der Waals surface area contributed by atoms with E-state index in [4.69, 9.17) is 20.4 Å². The molecule has 0 bridgehead atoms. The molecule has 2 aromatic rings. The molecular weight excluding hydrogens is 360 g/mol. The first-order valence-electron chi connectivity index (χ1n) is 6.42. The highest BCUT2D eigenvalue weighted by Crippen LogP contribution is 2.46. The summed E-state index contributed by atoms with van der Waals surface area (Å²) in [7, 11) is 0. The van der Waals surface area contributed by atoms with Crippen LogP contribution in [0.1, 0.15) is 0 Å². The van der Waals surface area contributed by atoms with Gasteiger partial charge in [-0.05, 0) is 6.07 Å². The summed E-state index contributed by atoms with van der Waals surface area (Å²) in [4.78, 5) is 43.5. The van der Waals surface area contributed by atoms with Crippen molar-refractivity contribution in [3.63, 3.8) is 0 Å². The minimum atomic E-state index is -1.88. The maximum absolute atomic E-state index is 10.9. The number of hydrogen-bond acceptors (Lipinski definition) is 8. The van der Waals surface area contributed by atoms with Gasteiger partial charge in [-0.1, -0.05) is 12.1 Å². The van der Waals surface area contributed by atoms with Gasteiger partial charge in [0.15, 0.2) is 11.5 Å². The lowest BCUT2D eigenvalue weighted by Gasteiger charge is -2.15. The molecule has 0 saturated heterocycles. The van der Waals surface area contributed by atoms with Crippen molar-refractivity contribution < 1.29 is 58.6 Å². The number of carbonyl (C=O) groups is 4. The van der Waals surface area contributed by atoms with Crippen molar-refractivity contribution in [2.24, 2.45) is 0 Å². The summed E-state index contributed by atoms with van der Waals surface area (Å²) in [6, 6.07) is 4.35. The van der Waals surface area contributed by atoms with Gasteiger partial charge in [0.25, 0.3) is 0 Å². The van der Waals surface area contributed by atoms with Gasteiger partial charge >= 0.3 is 24.6 Å². The average Bonchev–Trinajstić information content (AvgIpc) is 2.49. The Balaban J connectivity index is 2.89. The van der Waals surface area contributed by atoms with Crippen molar-refractivity contribution in [2.75, 3.05) is 0 Å². The Bertz CT molecular complexity index is 902. The molecule has 0 atom stereocenters. The molecule has 0 aromatic heterocycles. The molecule has 4 N–H and O–H groups in total. The standard InChI is InChI=1S/C14H8O12/c15-11(16)23-6-3-1-2-5-7(24-12(17)18)4-8(25-13(19)20)10(9(5)6)26-14(21)22/h1-4H,(H,15,16)(H,17,18)(H,19,20)(H,21,22). The molecule has 26 heavy (non-hydrogen) atoms. The molecule has 0 amide bonds. The van der Waals surface area contributed by atoms with Crippen molar-refractivity contribution >= 4 is 35.4 Å². The Hall–Kier alpha value is -4.22. The van der Waals surface area contributed by atoms with Crippen molar-refractivity contribution in [1.29, 1.82) is 0 Å². The first-order valence-corrected chi connectivity index (χ1v) is 6.42. The predicted octanol–water partition coefficient (Wildman–Crippen LogP) is 3.07. The third kappa shape index (κ3) is 4.00. The molecule has 12 nitrogen and oxygen atoms in total. The summed E-state index contributed by atoms with van der Waals surface area (Å²) < 4.78 is 17.9. The minimum absolute atomic E-state index is 0.139. The Kier molecular flexibility index (Phi) is 4.97. The fraction of sp³-hybridized carbons (Fsp3) is 0. The van der Waals surface area contributed by atoms with Gasteiger partial charge in [-0.2, -0.15) is 0 Å².